The normalized spacial score (nSPS) is 10.7. The van der Waals surface area contributed by atoms with Crippen molar-refractivity contribution >= 4 is 16.9 Å². The molecule has 0 unspecified atom stereocenters. The molecule has 4 heteroatoms. The second-order valence-corrected chi connectivity index (χ2v) is 4.11. The van der Waals surface area contributed by atoms with Gasteiger partial charge in [-0.05, 0) is 24.6 Å². The standard InChI is InChI=1S/C14H17NO3/c1-5-11-13(14(16)18-4)10-8-9(17-3)6-7-12(10)15(11)2/h6-8H,5H2,1-4H3. The number of carbonyl (C=O) groups excluding carboxylic acids is 1. The first-order chi connectivity index (χ1) is 8.63. The fourth-order valence-corrected chi connectivity index (χ4v) is 2.35. The Morgan fingerprint density at radius 1 is 1.33 bits per heavy atom. The van der Waals surface area contributed by atoms with E-state index in [0.717, 1.165) is 28.8 Å². The van der Waals surface area contributed by atoms with Crippen LogP contribution < -0.4 is 4.74 Å². The third kappa shape index (κ3) is 1.74. The zero-order chi connectivity index (χ0) is 13.3. The first kappa shape index (κ1) is 12.5. The van der Waals surface area contributed by atoms with Gasteiger partial charge in [0.25, 0.3) is 0 Å². The minimum absolute atomic E-state index is 0.300. The van der Waals surface area contributed by atoms with Crippen LogP contribution in [0.25, 0.3) is 10.9 Å². The van der Waals surface area contributed by atoms with E-state index in [1.165, 1.54) is 7.11 Å². The summed E-state index contributed by atoms with van der Waals surface area (Å²) in [5.41, 5.74) is 2.62. The molecule has 2 aromatic rings. The van der Waals surface area contributed by atoms with Crippen molar-refractivity contribution in [2.75, 3.05) is 14.2 Å². The molecule has 18 heavy (non-hydrogen) atoms. The number of rotatable bonds is 3. The van der Waals surface area contributed by atoms with Gasteiger partial charge in [0.1, 0.15) is 5.75 Å². The number of fused-ring (bicyclic) bond motifs is 1. The molecule has 0 saturated carbocycles. The molecule has 0 aliphatic heterocycles. The molecular weight excluding hydrogens is 230 g/mol. The van der Waals surface area contributed by atoms with E-state index in [0.29, 0.717) is 5.56 Å². The first-order valence-electron chi connectivity index (χ1n) is 5.87. The van der Waals surface area contributed by atoms with Crippen LogP contribution in [0.1, 0.15) is 23.0 Å². The van der Waals surface area contributed by atoms with Crippen LogP contribution in [0.5, 0.6) is 5.75 Å². The lowest BCUT2D eigenvalue weighted by atomic mass is 10.1. The monoisotopic (exact) mass is 247 g/mol. The lowest BCUT2D eigenvalue weighted by Crippen LogP contribution is -2.05. The molecule has 0 aliphatic rings. The maximum absolute atomic E-state index is 11.9. The third-order valence-corrected chi connectivity index (χ3v) is 3.25. The van der Waals surface area contributed by atoms with Crippen molar-refractivity contribution < 1.29 is 14.3 Å². The number of esters is 1. The average molecular weight is 247 g/mol. The van der Waals surface area contributed by atoms with Gasteiger partial charge in [-0.2, -0.15) is 0 Å². The average Bonchev–Trinajstić information content (AvgIpc) is 2.69. The molecule has 0 saturated heterocycles. The summed E-state index contributed by atoms with van der Waals surface area (Å²) < 4.78 is 12.1. The topological polar surface area (TPSA) is 40.5 Å². The largest absolute Gasteiger partial charge is 0.497 e. The summed E-state index contributed by atoms with van der Waals surface area (Å²) in [5, 5.41) is 0.876. The van der Waals surface area contributed by atoms with E-state index in [1.807, 2.05) is 36.7 Å². The van der Waals surface area contributed by atoms with Gasteiger partial charge in [0, 0.05) is 23.6 Å². The van der Waals surface area contributed by atoms with Gasteiger partial charge in [-0.25, -0.2) is 4.79 Å². The smallest absolute Gasteiger partial charge is 0.340 e. The number of hydrogen-bond acceptors (Lipinski definition) is 3. The minimum Gasteiger partial charge on any atom is -0.497 e. The number of aryl methyl sites for hydroxylation is 1. The Morgan fingerprint density at radius 2 is 2.06 bits per heavy atom. The van der Waals surface area contributed by atoms with Crippen molar-refractivity contribution in [3.63, 3.8) is 0 Å². The Morgan fingerprint density at radius 3 is 2.61 bits per heavy atom. The molecule has 0 atom stereocenters. The SMILES string of the molecule is CCc1c(C(=O)OC)c2cc(OC)ccc2n1C. The van der Waals surface area contributed by atoms with Crippen molar-refractivity contribution in [1.29, 1.82) is 0 Å². The summed E-state index contributed by atoms with van der Waals surface area (Å²) in [5.74, 6) is 0.437. The molecule has 2 rings (SSSR count). The molecule has 96 valence electrons. The molecule has 4 nitrogen and oxygen atoms in total. The zero-order valence-electron chi connectivity index (χ0n) is 11.1. The molecule has 0 fully saturated rings. The Kier molecular flexibility index (Phi) is 3.28. The highest BCUT2D eigenvalue weighted by Crippen LogP contribution is 2.29. The molecule has 1 aromatic carbocycles. The van der Waals surface area contributed by atoms with Gasteiger partial charge in [0.05, 0.1) is 19.8 Å². The lowest BCUT2D eigenvalue weighted by Gasteiger charge is -2.03. The first-order valence-corrected chi connectivity index (χ1v) is 5.87. The quantitative estimate of drug-likeness (QED) is 0.782. The van der Waals surface area contributed by atoms with Crippen LogP contribution in [0.3, 0.4) is 0 Å². The maximum Gasteiger partial charge on any atom is 0.340 e. The molecule has 0 N–H and O–H groups in total. The van der Waals surface area contributed by atoms with Crippen LogP contribution in [-0.2, 0) is 18.2 Å². The van der Waals surface area contributed by atoms with Crippen molar-refractivity contribution in [1.82, 2.24) is 4.57 Å². The van der Waals surface area contributed by atoms with Crippen molar-refractivity contribution in [3.8, 4) is 5.75 Å². The number of hydrogen-bond donors (Lipinski definition) is 0. The highest BCUT2D eigenvalue weighted by atomic mass is 16.5. The van der Waals surface area contributed by atoms with Crippen molar-refractivity contribution in [3.05, 3.63) is 29.5 Å². The second-order valence-electron chi connectivity index (χ2n) is 4.11. The van der Waals surface area contributed by atoms with E-state index in [4.69, 9.17) is 9.47 Å². The van der Waals surface area contributed by atoms with Gasteiger partial charge in [0.2, 0.25) is 0 Å². The van der Waals surface area contributed by atoms with E-state index in [2.05, 4.69) is 0 Å². The van der Waals surface area contributed by atoms with E-state index in [1.54, 1.807) is 7.11 Å². The second kappa shape index (κ2) is 4.72. The molecule has 1 heterocycles. The van der Waals surface area contributed by atoms with Gasteiger partial charge in [-0.1, -0.05) is 6.92 Å². The van der Waals surface area contributed by atoms with Gasteiger partial charge >= 0.3 is 5.97 Å². The Bertz CT molecular complexity index is 599. The van der Waals surface area contributed by atoms with Gasteiger partial charge in [0.15, 0.2) is 0 Å². The molecule has 0 aliphatic carbocycles. The molecule has 0 radical (unpaired) electrons. The Balaban J connectivity index is 2.81. The van der Waals surface area contributed by atoms with Crippen LogP contribution in [0.15, 0.2) is 18.2 Å². The summed E-state index contributed by atoms with van der Waals surface area (Å²) >= 11 is 0. The molecular formula is C14H17NO3. The highest BCUT2D eigenvalue weighted by molar-refractivity contribution is 6.06. The zero-order valence-corrected chi connectivity index (χ0v) is 11.1. The van der Waals surface area contributed by atoms with Crippen LogP contribution >= 0.6 is 0 Å². The number of methoxy groups -OCH3 is 2. The predicted octanol–water partition coefficient (Wildman–Crippen LogP) is 2.54. The van der Waals surface area contributed by atoms with E-state index < -0.39 is 0 Å². The maximum atomic E-state index is 11.9. The third-order valence-electron chi connectivity index (χ3n) is 3.25. The molecule has 1 aromatic heterocycles. The number of aromatic nitrogens is 1. The summed E-state index contributed by atoms with van der Waals surface area (Å²) in [6.45, 7) is 2.03. The van der Waals surface area contributed by atoms with Crippen LogP contribution in [0, 0.1) is 0 Å². The number of benzene rings is 1. The summed E-state index contributed by atoms with van der Waals surface area (Å²) in [4.78, 5) is 11.9. The van der Waals surface area contributed by atoms with Gasteiger partial charge in [-0.15, -0.1) is 0 Å². The molecule has 0 bridgehead atoms. The summed E-state index contributed by atoms with van der Waals surface area (Å²) in [6.07, 6.45) is 0.776. The number of nitrogens with zero attached hydrogens (tertiary/aromatic N) is 1. The van der Waals surface area contributed by atoms with Crippen LogP contribution in [-0.4, -0.2) is 24.8 Å². The number of ether oxygens (including phenoxy) is 2. The molecule has 0 spiro atoms. The van der Waals surface area contributed by atoms with Crippen molar-refractivity contribution in [2.45, 2.75) is 13.3 Å². The minimum atomic E-state index is -0.300. The summed E-state index contributed by atoms with van der Waals surface area (Å²) in [7, 11) is 4.98. The van der Waals surface area contributed by atoms with E-state index >= 15 is 0 Å². The Labute approximate surface area is 106 Å². The van der Waals surface area contributed by atoms with Crippen molar-refractivity contribution in [2.24, 2.45) is 7.05 Å². The van der Waals surface area contributed by atoms with Crippen LogP contribution in [0.2, 0.25) is 0 Å². The molecule has 0 amide bonds. The Hall–Kier alpha value is -1.97. The van der Waals surface area contributed by atoms with Gasteiger partial charge < -0.3 is 14.0 Å². The van der Waals surface area contributed by atoms with E-state index in [9.17, 15) is 4.79 Å². The highest BCUT2D eigenvalue weighted by Gasteiger charge is 2.20. The fourth-order valence-electron chi connectivity index (χ4n) is 2.35. The van der Waals surface area contributed by atoms with Gasteiger partial charge in [-0.3, -0.25) is 0 Å². The summed E-state index contributed by atoms with van der Waals surface area (Å²) in [6, 6.07) is 5.73. The lowest BCUT2D eigenvalue weighted by molar-refractivity contribution is 0.0601. The number of carbonyl (C=O) groups is 1. The van der Waals surface area contributed by atoms with E-state index in [-0.39, 0.29) is 5.97 Å². The fraction of sp³-hybridized carbons (Fsp3) is 0.357. The van der Waals surface area contributed by atoms with Crippen LogP contribution in [0.4, 0.5) is 0 Å². The predicted molar refractivity (Wildman–Crippen MR) is 70.2 cm³/mol.